The Labute approximate surface area is 166 Å². The highest BCUT2D eigenvalue weighted by Gasteiger charge is 2.28. The second-order valence-corrected chi connectivity index (χ2v) is 7.50. The lowest BCUT2D eigenvalue weighted by atomic mass is 9.96. The minimum absolute atomic E-state index is 0.0744. The summed E-state index contributed by atoms with van der Waals surface area (Å²) in [5, 5.41) is 12.2. The summed E-state index contributed by atoms with van der Waals surface area (Å²) in [6.45, 7) is 1.53. The van der Waals surface area contributed by atoms with Gasteiger partial charge in [-0.1, -0.05) is 0 Å². The molecule has 0 spiro atoms. The highest BCUT2D eigenvalue weighted by Crippen LogP contribution is 2.43. The zero-order chi connectivity index (χ0) is 20.0. The zero-order valence-electron chi connectivity index (χ0n) is 15.7. The second kappa shape index (κ2) is 6.97. The van der Waals surface area contributed by atoms with Crippen molar-refractivity contribution in [2.45, 2.75) is 18.8 Å². The van der Waals surface area contributed by atoms with Crippen LogP contribution in [0.25, 0.3) is 22.5 Å². The molecule has 0 amide bonds. The van der Waals surface area contributed by atoms with Crippen molar-refractivity contribution in [3.05, 3.63) is 48.2 Å². The number of aliphatic carboxylic acids is 1. The molecule has 5 rings (SSSR count). The molecule has 0 atom stereocenters. The lowest BCUT2D eigenvalue weighted by Gasteiger charge is -2.29. The van der Waals surface area contributed by atoms with Crippen LogP contribution in [0.5, 0.6) is 0 Å². The van der Waals surface area contributed by atoms with Gasteiger partial charge in [-0.15, -0.1) is 0 Å². The second-order valence-electron chi connectivity index (χ2n) is 7.50. The number of carboxylic acids is 1. The fourth-order valence-electron chi connectivity index (χ4n) is 4.19. The Kier molecular flexibility index (Phi) is 4.28. The Morgan fingerprint density at radius 3 is 2.86 bits per heavy atom. The van der Waals surface area contributed by atoms with E-state index in [1.807, 2.05) is 17.0 Å². The number of nitrogens with one attached hydrogen (secondary N) is 2. The van der Waals surface area contributed by atoms with Crippen LogP contribution in [0.15, 0.2) is 36.5 Å². The van der Waals surface area contributed by atoms with Crippen LogP contribution in [0.1, 0.15) is 24.6 Å². The molecule has 1 aromatic carbocycles. The first kappa shape index (κ1) is 17.8. The first-order valence-electron chi connectivity index (χ1n) is 9.65. The number of likely N-dealkylation sites (tertiary alicyclic amines) is 1. The molecular formula is C21H20FN5O2. The lowest BCUT2D eigenvalue weighted by molar-refractivity contribution is -0.138. The van der Waals surface area contributed by atoms with Crippen molar-refractivity contribution in [3.63, 3.8) is 0 Å². The molecule has 148 valence electrons. The largest absolute Gasteiger partial charge is 0.480 e. The number of pyridine rings is 1. The number of piperidine rings is 1. The third-order valence-corrected chi connectivity index (χ3v) is 5.62. The number of rotatable bonds is 3. The summed E-state index contributed by atoms with van der Waals surface area (Å²) in [6.07, 6.45) is 3.38. The number of imidazole rings is 1. The third kappa shape index (κ3) is 3.25. The molecule has 7 nitrogen and oxygen atoms in total. The van der Waals surface area contributed by atoms with Crippen molar-refractivity contribution >= 4 is 17.5 Å². The van der Waals surface area contributed by atoms with Crippen molar-refractivity contribution in [2.24, 2.45) is 0 Å². The molecular weight excluding hydrogens is 373 g/mol. The van der Waals surface area contributed by atoms with Gasteiger partial charge in [-0.3, -0.25) is 9.69 Å². The van der Waals surface area contributed by atoms with Gasteiger partial charge in [-0.2, -0.15) is 0 Å². The Balaban J connectivity index is 1.53. The monoisotopic (exact) mass is 393 g/mol. The number of halogens is 1. The van der Waals surface area contributed by atoms with Crippen LogP contribution in [0.4, 0.5) is 15.9 Å². The van der Waals surface area contributed by atoms with Crippen LogP contribution in [-0.2, 0) is 4.79 Å². The molecule has 0 unspecified atom stereocenters. The third-order valence-electron chi connectivity index (χ3n) is 5.62. The van der Waals surface area contributed by atoms with E-state index in [2.05, 4.69) is 15.3 Å². The lowest BCUT2D eigenvalue weighted by Crippen LogP contribution is -2.36. The number of H-pyrrole nitrogens is 1. The maximum absolute atomic E-state index is 13.9. The quantitative estimate of drug-likeness (QED) is 0.492. The number of fused-ring (bicyclic) bond motifs is 5. The summed E-state index contributed by atoms with van der Waals surface area (Å²) >= 11 is 0. The number of hydrogen-bond acceptors (Lipinski definition) is 5. The molecule has 2 aromatic heterocycles. The molecule has 0 bridgehead atoms. The molecule has 3 N–H and O–H groups in total. The maximum atomic E-state index is 13.9. The molecule has 4 heterocycles. The predicted octanol–water partition coefficient (Wildman–Crippen LogP) is 3.60. The number of carboxylic acid groups (broad SMARTS) is 1. The van der Waals surface area contributed by atoms with Gasteiger partial charge in [0.2, 0.25) is 0 Å². The Bertz CT molecular complexity index is 1090. The van der Waals surface area contributed by atoms with Crippen LogP contribution < -0.4 is 5.32 Å². The number of anilines is 2. The Hall–Kier alpha value is -3.26. The van der Waals surface area contributed by atoms with Gasteiger partial charge in [0.15, 0.2) is 0 Å². The predicted molar refractivity (Wildman–Crippen MR) is 107 cm³/mol. The topological polar surface area (TPSA) is 94.1 Å². The zero-order valence-corrected chi connectivity index (χ0v) is 15.7. The van der Waals surface area contributed by atoms with E-state index in [1.165, 1.54) is 12.1 Å². The summed E-state index contributed by atoms with van der Waals surface area (Å²) < 4.78 is 13.9. The fourth-order valence-corrected chi connectivity index (χ4v) is 4.19. The molecule has 0 aliphatic carbocycles. The van der Waals surface area contributed by atoms with Crippen molar-refractivity contribution in [3.8, 4) is 22.5 Å². The van der Waals surface area contributed by atoms with E-state index in [4.69, 9.17) is 10.1 Å². The van der Waals surface area contributed by atoms with Crippen molar-refractivity contribution < 1.29 is 14.3 Å². The molecule has 2 aliphatic heterocycles. The summed E-state index contributed by atoms with van der Waals surface area (Å²) in [7, 11) is 0. The summed E-state index contributed by atoms with van der Waals surface area (Å²) in [5.41, 5.74) is 4.00. The smallest absolute Gasteiger partial charge is 0.317 e. The van der Waals surface area contributed by atoms with Gasteiger partial charge in [0.05, 0.1) is 23.6 Å². The van der Waals surface area contributed by atoms with Gasteiger partial charge < -0.3 is 15.4 Å². The first-order valence-corrected chi connectivity index (χ1v) is 9.65. The Morgan fingerprint density at radius 2 is 2.07 bits per heavy atom. The highest BCUT2D eigenvalue weighted by atomic mass is 19.1. The van der Waals surface area contributed by atoms with E-state index < -0.39 is 5.97 Å². The van der Waals surface area contributed by atoms with Crippen LogP contribution >= 0.6 is 0 Å². The molecule has 2 aliphatic rings. The number of aromatic nitrogens is 3. The number of nitrogens with zero attached hydrogens (tertiary/aromatic N) is 3. The first-order chi connectivity index (χ1) is 14.1. The molecule has 1 saturated heterocycles. The normalized spacial score (nSPS) is 16.3. The van der Waals surface area contributed by atoms with E-state index in [0.29, 0.717) is 11.5 Å². The van der Waals surface area contributed by atoms with Gasteiger partial charge in [0.1, 0.15) is 17.5 Å². The van der Waals surface area contributed by atoms with E-state index in [0.717, 1.165) is 54.3 Å². The summed E-state index contributed by atoms with van der Waals surface area (Å²) in [6, 6.07) is 8.47. The number of carbonyl (C=O) groups is 1. The van der Waals surface area contributed by atoms with Crippen molar-refractivity contribution in [2.75, 3.05) is 25.0 Å². The number of benzene rings is 1. The summed E-state index contributed by atoms with van der Waals surface area (Å²) in [5.74, 6) is 0.651. The molecule has 0 saturated carbocycles. The van der Waals surface area contributed by atoms with Gasteiger partial charge in [0.25, 0.3) is 0 Å². The Morgan fingerprint density at radius 1 is 1.24 bits per heavy atom. The molecule has 3 aromatic rings. The van der Waals surface area contributed by atoms with Gasteiger partial charge in [-0.05, 0) is 56.3 Å². The molecule has 8 heteroatoms. The maximum Gasteiger partial charge on any atom is 0.317 e. The van der Waals surface area contributed by atoms with Gasteiger partial charge >= 0.3 is 5.97 Å². The minimum atomic E-state index is -0.798. The van der Waals surface area contributed by atoms with E-state index in [-0.39, 0.29) is 18.3 Å². The summed E-state index contributed by atoms with van der Waals surface area (Å²) in [4.78, 5) is 25.7. The average molecular weight is 393 g/mol. The van der Waals surface area contributed by atoms with E-state index in [1.54, 1.807) is 12.3 Å². The number of hydrogen-bond donors (Lipinski definition) is 3. The van der Waals surface area contributed by atoms with Crippen LogP contribution in [0.3, 0.4) is 0 Å². The van der Waals surface area contributed by atoms with Gasteiger partial charge in [-0.25, -0.2) is 14.4 Å². The van der Waals surface area contributed by atoms with Gasteiger partial charge in [0, 0.05) is 23.2 Å². The minimum Gasteiger partial charge on any atom is -0.480 e. The highest BCUT2D eigenvalue weighted by molar-refractivity contribution is 5.94. The van der Waals surface area contributed by atoms with E-state index in [9.17, 15) is 9.18 Å². The van der Waals surface area contributed by atoms with Crippen molar-refractivity contribution in [1.82, 2.24) is 19.9 Å². The van der Waals surface area contributed by atoms with Crippen LogP contribution in [-0.4, -0.2) is 50.6 Å². The molecule has 29 heavy (non-hydrogen) atoms. The average Bonchev–Trinajstić information content (AvgIpc) is 3.09. The molecule has 1 fully saturated rings. The van der Waals surface area contributed by atoms with E-state index >= 15 is 0 Å². The molecule has 0 radical (unpaired) electrons. The van der Waals surface area contributed by atoms with Crippen LogP contribution in [0, 0.1) is 5.82 Å². The standard InChI is InChI=1S/C21H20FN5O2/c22-13-3-4-14-16(10-13)24-21-15(2-1-7-23-21)19-18(14)25-20(26-19)12-5-8-27(9-6-12)11-17(28)29/h1-4,7,10,12H,5-6,8-9,11H2,(H,23,24)(H,25,26)(H,28,29). The van der Waals surface area contributed by atoms with Crippen LogP contribution in [0.2, 0.25) is 0 Å². The fraction of sp³-hybridized carbons (Fsp3) is 0.286. The van der Waals surface area contributed by atoms with Crippen molar-refractivity contribution in [1.29, 1.82) is 0 Å². The SMILES string of the molecule is O=C(O)CN1CCC(c2nc3c([nH]2)-c2cccnc2Nc2cc(F)ccc2-3)CC1. The number of aromatic amines is 1.